The van der Waals surface area contributed by atoms with Crippen molar-refractivity contribution in [1.29, 1.82) is 0 Å². The molecule has 2 N–H and O–H groups in total. The van der Waals surface area contributed by atoms with Crippen LogP contribution >= 0.6 is 24.4 Å². The average Bonchev–Trinajstić information content (AvgIpc) is 2.52. The van der Waals surface area contributed by atoms with Crippen LogP contribution in [-0.4, -0.2) is 28.0 Å². The van der Waals surface area contributed by atoms with E-state index in [1.807, 2.05) is 0 Å². The van der Waals surface area contributed by atoms with Gasteiger partial charge in [0.2, 0.25) is 11.1 Å². The number of nitrogens with zero attached hydrogens (tertiary/aromatic N) is 1. The molecule has 0 aliphatic rings. The summed E-state index contributed by atoms with van der Waals surface area (Å²) in [5.41, 5.74) is 0. The molecule has 1 rings (SSSR count). The predicted molar refractivity (Wildman–Crippen MR) is 103 cm³/mol. The highest BCUT2D eigenvalue weighted by molar-refractivity contribution is 7.71. The molecule has 0 aliphatic heterocycles. The molecule has 1 aromatic rings. The number of unbranched alkanes of at least 4 members (excludes halogenated alkanes) is 6. The van der Waals surface area contributed by atoms with E-state index in [1.165, 1.54) is 32.1 Å². The normalized spacial score (nSPS) is 11.9. The highest BCUT2D eigenvalue weighted by Crippen LogP contribution is 2.14. The van der Waals surface area contributed by atoms with E-state index < -0.39 is 6.29 Å². The predicted octanol–water partition coefficient (Wildman–Crippen LogP) is 5.57. The molecule has 1 unspecified atom stereocenters. The Kier molecular flexibility index (Phi) is 11.3. The van der Waals surface area contributed by atoms with Crippen LogP contribution in [0.15, 0.2) is 12.3 Å². The molecule has 1 atom stereocenters. The molecule has 142 valence electrons. The average molecular weight is 388 g/mol. The second-order valence-electron chi connectivity index (χ2n) is 5.89. The molecular formula is C17H29N3O3S2. The number of aromatic amines is 2. The zero-order valence-corrected chi connectivity index (χ0v) is 16.8. The van der Waals surface area contributed by atoms with Gasteiger partial charge in [0.05, 0.1) is 5.76 Å². The number of H-pyrrole nitrogens is 2. The van der Waals surface area contributed by atoms with E-state index in [-0.39, 0.29) is 17.6 Å². The van der Waals surface area contributed by atoms with Crippen molar-refractivity contribution < 1.29 is 14.2 Å². The van der Waals surface area contributed by atoms with E-state index >= 15 is 0 Å². The molecule has 1 heterocycles. The fourth-order valence-corrected chi connectivity index (χ4v) is 2.64. The largest absolute Gasteiger partial charge is 0.473 e. The van der Waals surface area contributed by atoms with Crippen molar-refractivity contribution in [2.75, 3.05) is 6.79 Å². The minimum absolute atomic E-state index is 0.0803. The van der Waals surface area contributed by atoms with Crippen LogP contribution in [0.5, 0.6) is 6.01 Å². The van der Waals surface area contributed by atoms with Gasteiger partial charge in [-0.05, 0) is 37.8 Å². The fourth-order valence-electron chi connectivity index (χ4n) is 2.21. The molecule has 0 saturated carbocycles. The third-order valence-electron chi connectivity index (χ3n) is 3.49. The Morgan fingerprint density at radius 3 is 2.44 bits per heavy atom. The third-order valence-corrected chi connectivity index (χ3v) is 3.89. The maximum Gasteiger partial charge on any atom is 0.300 e. The van der Waals surface area contributed by atoms with E-state index in [2.05, 4.69) is 28.5 Å². The minimum atomic E-state index is -0.482. The van der Waals surface area contributed by atoms with Gasteiger partial charge < -0.3 is 19.2 Å². The molecule has 0 spiro atoms. The van der Waals surface area contributed by atoms with E-state index in [0.717, 1.165) is 19.3 Å². The zero-order chi connectivity index (χ0) is 18.5. The van der Waals surface area contributed by atoms with Crippen LogP contribution in [0.1, 0.15) is 65.2 Å². The number of aromatic nitrogens is 3. The maximum atomic E-state index is 5.75. The first-order valence-electron chi connectivity index (χ1n) is 8.78. The minimum Gasteiger partial charge on any atom is -0.473 e. The Balaban J connectivity index is 2.46. The van der Waals surface area contributed by atoms with Crippen LogP contribution in [0.2, 0.25) is 0 Å². The van der Waals surface area contributed by atoms with Crippen LogP contribution in [0.3, 0.4) is 0 Å². The van der Waals surface area contributed by atoms with Crippen LogP contribution in [0, 0.1) is 9.54 Å². The van der Waals surface area contributed by atoms with Crippen molar-refractivity contribution >= 4 is 24.4 Å². The molecule has 1 aromatic heterocycles. The second-order valence-corrected chi connectivity index (χ2v) is 6.68. The Morgan fingerprint density at radius 2 is 1.80 bits per heavy atom. The number of hydrogen-bond acceptors (Lipinski definition) is 6. The molecule has 0 bridgehead atoms. The molecular weight excluding hydrogens is 358 g/mol. The quantitative estimate of drug-likeness (QED) is 0.188. The number of nitrogens with one attached hydrogen (secondary N) is 2. The van der Waals surface area contributed by atoms with Crippen LogP contribution in [0.4, 0.5) is 0 Å². The van der Waals surface area contributed by atoms with E-state index in [4.69, 9.17) is 38.6 Å². The van der Waals surface area contributed by atoms with Gasteiger partial charge in [-0.2, -0.15) is 4.98 Å². The summed E-state index contributed by atoms with van der Waals surface area (Å²) in [6.07, 6.45) is 8.80. The zero-order valence-electron chi connectivity index (χ0n) is 15.1. The summed E-state index contributed by atoms with van der Waals surface area (Å²) in [4.78, 5) is 9.62. The lowest BCUT2D eigenvalue weighted by Crippen LogP contribution is -2.23. The van der Waals surface area contributed by atoms with E-state index in [0.29, 0.717) is 10.5 Å². The van der Waals surface area contributed by atoms with Gasteiger partial charge in [0.25, 0.3) is 0 Å². The van der Waals surface area contributed by atoms with Crippen LogP contribution in [0.25, 0.3) is 0 Å². The fraction of sp³-hybridized carbons (Fsp3) is 0.706. The molecule has 6 nitrogen and oxygen atoms in total. The second kappa shape index (κ2) is 13.0. The summed E-state index contributed by atoms with van der Waals surface area (Å²) in [5.74, 6) is 0.592. The Bertz CT molecular complexity index is 587. The molecule has 0 saturated heterocycles. The Labute approximate surface area is 160 Å². The number of hydrogen-bond donors (Lipinski definition) is 2. The van der Waals surface area contributed by atoms with E-state index in [1.54, 1.807) is 6.92 Å². The number of ether oxygens (including phenoxy) is 3. The highest BCUT2D eigenvalue weighted by Gasteiger charge is 2.13. The molecule has 25 heavy (non-hydrogen) atoms. The molecule has 0 fully saturated rings. The van der Waals surface area contributed by atoms with Crippen molar-refractivity contribution in [3.05, 3.63) is 21.9 Å². The monoisotopic (exact) mass is 387 g/mol. The van der Waals surface area contributed by atoms with Gasteiger partial charge in [-0.3, -0.25) is 4.98 Å². The van der Waals surface area contributed by atoms with Crippen molar-refractivity contribution in [1.82, 2.24) is 15.0 Å². The molecule has 0 aliphatic carbocycles. The summed E-state index contributed by atoms with van der Waals surface area (Å²) in [7, 11) is 0. The van der Waals surface area contributed by atoms with Gasteiger partial charge in [0.1, 0.15) is 0 Å². The van der Waals surface area contributed by atoms with Crippen molar-refractivity contribution in [3.63, 3.8) is 0 Å². The van der Waals surface area contributed by atoms with E-state index in [9.17, 15) is 0 Å². The topological polar surface area (TPSA) is 72.2 Å². The SMILES string of the molecule is C=C(C)OCOC(CCCCCCCCC)Oc1nc(=S)[nH]c(=S)[nH]1. The summed E-state index contributed by atoms with van der Waals surface area (Å²) in [6.45, 7) is 7.75. The summed E-state index contributed by atoms with van der Waals surface area (Å²) >= 11 is 10.1. The summed E-state index contributed by atoms with van der Waals surface area (Å²) < 4.78 is 17.3. The lowest BCUT2D eigenvalue weighted by Gasteiger charge is -2.18. The molecule has 0 aromatic carbocycles. The van der Waals surface area contributed by atoms with Gasteiger partial charge in [-0.1, -0.05) is 52.0 Å². The number of allylic oxidation sites excluding steroid dienone is 1. The van der Waals surface area contributed by atoms with Gasteiger partial charge >= 0.3 is 6.01 Å². The summed E-state index contributed by atoms with van der Waals surface area (Å²) in [6, 6.07) is 0.247. The van der Waals surface area contributed by atoms with Gasteiger partial charge in [0, 0.05) is 6.42 Å². The van der Waals surface area contributed by atoms with Crippen LogP contribution < -0.4 is 4.74 Å². The van der Waals surface area contributed by atoms with Crippen LogP contribution in [-0.2, 0) is 9.47 Å². The standard InChI is InChI=1S/C17H29N3O3S2/c1-4-5-6-7-8-9-10-11-14(22-12-21-13(2)3)23-15-18-16(24)20-17(25)19-15/h14H,2,4-12H2,1,3H3,(H2,18,19,20,24,25). The van der Waals surface area contributed by atoms with Crippen molar-refractivity contribution in [2.45, 2.75) is 71.5 Å². The van der Waals surface area contributed by atoms with Gasteiger partial charge in [-0.25, -0.2) is 0 Å². The highest BCUT2D eigenvalue weighted by atomic mass is 32.1. The smallest absolute Gasteiger partial charge is 0.300 e. The summed E-state index contributed by atoms with van der Waals surface area (Å²) in [5, 5.41) is 0. The lowest BCUT2D eigenvalue weighted by atomic mass is 10.1. The first-order valence-corrected chi connectivity index (χ1v) is 9.60. The molecule has 0 amide bonds. The van der Waals surface area contributed by atoms with Crippen molar-refractivity contribution in [2.24, 2.45) is 0 Å². The first-order chi connectivity index (χ1) is 12.0. The number of rotatable bonds is 14. The molecule has 8 heteroatoms. The lowest BCUT2D eigenvalue weighted by molar-refractivity contribution is -0.149. The molecule has 0 radical (unpaired) electrons. The Morgan fingerprint density at radius 1 is 1.12 bits per heavy atom. The maximum absolute atomic E-state index is 5.75. The van der Waals surface area contributed by atoms with Gasteiger partial charge in [-0.15, -0.1) is 0 Å². The Hall–Kier alpha value is -1.25. The van der Waals surface area contributed by atoms with Gasteiger partial charge in [0.15, 0.2) is 11.6 Å². The first kappa shape index (κ1) is 21.8. The third kappa shape index (κ3) is 11.1. The van der Waals surface area contributed by atoms with Crippen molar-refractivity contribution in [3.8, 4) is 6.01 Å².